The van der Waals surface area contributed by atoms with Gasteiger partial charge in [-0.3, -0.25) is 19.2 Å². The molecule has 1 fully saturated rings. The Morgan fingerprint density at radius 3 is 2.36 bits per heavy atom. The number of methoxy groups -OCH3 is 1. The van der Waals surface area contributed by atoms with Crippen molar-refractivity contribution in [3.63, 3.8) is 0 Å². The van der Waals surface area contributed by atoms with Crippen LogP contribution in [0.25, 0.3) is 0 Å². The zero-order valence-corrected chi connectivity index (χ0v) is 23.3. The highest BCUT2D eigenvalue weighted by atomic mass is 35.5. The molecule has 39 heavy (non-hydrogen) atoms. The van der Waals surface area contributed by atoms with E-state index in [0.717, 1.165) is 0 Å². The Morgan fingerprint density at radius 2 is 1.74 bits per heavy atom. The van der Waals surface area contributed by atoms with Gasteiger partial charge in [0, 0.05) is 30.7 Å². The molecule has 1 saturated heterocycles. The molecule has 2 aromatic rings. The van der Waals surface area contributed by atoms with E-state index < -0.39 is 35.8 Å². The molecule has 0 bridgehead atoms. The predicted molar refractivity (Wildman–Crippen MR) is 148 cm³/mol. The van der Waals surface area contributed by atoms with Crippen LogP contribution in [0.4, 0.5) is 5.69 Å². The van der Waals surface area contributed by atoms with E-state index in [-0.39, 0.29) is 40.8 Å². The van der Waals surface area contributed by atoms with Gasteiger partial charge in [0.25, 0.3) is 5.91 Å². The number of hydrogen-bond donors (Lipinski definition) is 3. The van der Waals surface area contributed by atoms with Gasteiger partial charge in [0.15, 0.2) is 0 Å². The monoisotopic (exact) mass is 595 g/mol. The molecule has 2 atom stereocenters. The normalized spacial score (nSPS) is 15.4. The molecular weight excluding hydrogens is 569 g/mol. The number of nitrogens with zero attached hydrogens (tertiary/aromatic N) is 1. The molecule has 1 unspecified atom stereocenters. The number of benzene rings is 2. The first-order chi connectivity index (χ1) is 18.6. The van der Waals surface area contributed by atoms with Gasteiger partial charge in [0.1, 0.15) is 12.1 Å². The lowest BCUT2D eigenvalue weighted by Crippen LogP contribution is -2.52. The molecule has 10 nitrogen and oxygen atoms in total. The molecule has 3 amide bonds. The molecule has 1 aliphatic rings. The minimum absolute atomic E-state index is 0.0153. The Hall–Kier alpha value is -3.28. The summed E-state index contributed by atoms with van der Waals surface area (Å²) in [7, 11) is 1.27. The maximum absolute atomic E-state index is 12.9. The number of carboxylic acids is 1. The molecule has 0 aromatic heterocycles. The number of halogens is 2. The van der Waals surface area contributed by atoms with Crippen LogP contribution in [0.3, 0.4) is 0 Å². The van der Waals surface area contributed by atoms with Crippen molar-refractivity contribution in [2.24, 2.45) is 0 Å². The first-order valence-electron chi connectivity index (χ1n) is 11.9. The van der Waals surface area contributed by atoms with E-state index in [9.17, 15) is 29.1 Å². The van der Waals surface area contributed by atoms with Crippen molar-refractivity contribution >= 4 is 70.3 Å². The van der Waals surface area contributed by atoms with Crippen LogP contribution in [-0.4, -0.2) is 70.5 Å². The van der Waals surface area contributed by atoms with E-state index in [0.29, 0.717) is 29.3 Å². The second-order valence-corrected chi connectivity index (χ2v) is 10.5. The van der Waals surface area contributed by atoms with Crippen molar-refractivity contribution in [3.8, 4) is 0 Å². The molecular formula is C26H27Cl2N3O7S. The largest absolute Gasteiger partial charge is 0.480 e. The second kappa shape index (κ2) is 14.2. The number of thioether (sulfide) groups is 1. The minimum Gasteiger partial charge on any atom is -0.480 e. The fourth-order valence-electron chi connectivity index (χ4n) is 3.87. The van der Waals surface area contributed by atoms with Crippen molar-refractivity contribution in [2.75, 3.05) is 24.1 Å². The highest BCUT2D eigenvalue weighted by molar-refractivity contribution is 7.99. The Morgan fingerprint density at radius 1 is 1.08 bits per heavy atom. The Bertz CT molecular complexity index is 1220. The van der Waals surface area contributed by atoms with Gasteiger partial charge in [-0.15, -0.1) is 11.8 Å². The van der Waals surface area contributed by atoms with Crippen LogP contribution in [0.2, 0.25) is 10.0 Å². The van der Waals surface area contributed by atoms with E-state index in [2.05, 4.69) is 15.4 Å². The molecule has 3 rings (SSSR count). The Labute approximate surface area is 239 Å². The van der Waals surface area contributed by atoms with Gasteiger partial charge >= 0.3 is 11.9 Å². The van der Waals surface area contributed by atoms with Crippen molar-refractivity contribution in [3.05, 3.63) is 63.6 Å². The van der Waals surface area contributed by atoms with Crippen molar-refractivity contribution in [1.29, 1.82) is 0 Å². The summed E-state index contributed by atoms with van der Waals surface area (Å²) in [6.07, 6.45) is 0.448. The van der Waals surface area contributed by atoms with Gasteiger partial charge in [-0.2, -0.15) is 0 Å². The number of aliphatic carboxylic acids is 1. The summed E-state index contributed by atoms with van der Waals surface area (Å²) in [5.41, 5.74) is 1.19. The van der Waals surface area contributed by atoms with E-state index in [1.807, 2.05) is 0 Å². The number of nitrogens with one attached hydrogen (secondary N) is 2. The third kappa shape index (κ3) is 8.35. The number of esters is 1. The van der Waals surface area contributed by atoms with E-state index >= 15 is 0 Å². The number of carbonyl (C=O) groups excluding carboxylic acids is 4. The van der Waals surface area contributed by atoms with Gasteiger partial charge in [0.05, 0.1) is 28.6 Å². The zero-order chi connectivity index (χ0) is 28.5. The molecule has 13 heteroatoms. The highest BCUT2D eigenvalue weighted by Gasteiger charge is 2.36. The number of rotatable bonds is 11. The number of carbonyl (C=O) groups is 5. The molecule has 0 radical (unpaired) electrons. The summed E-state index contributed by atoms with van der Waals surface area (Å²) >= 11 is 13.6. The Kier molecular flexibility index (Phi) is 11.0. The Balaban J connectivity index is 1.59. The van der Waals surface area contributed by atoms with Crippen LogP contribution in [0.15, 0.2) is 42.5 Å². The quantitative estimate of drug-likeness (QED) is 0.334. The van der Waals surface area contributed by atoms with E-state index in [1.54, 1.807) is 42.5 Å². The van der Waals surface area contributed by atoms with Crippen molar-refractivity contribution in [1.82, 2.24) is 10.2 Å². The summed E-state index contributed by atoms with van der Waals surface area (Å²) in [5.74, 6) is -2.34. The van der Waals surface area contributed by atoms with Crippen molar-refractivity contribution < 1.29 is 33.8 Å². The molecule has 1 heterocycles. The van der Waals surface area contributed by atoms with Gasteiger partial charge in [-0.05, 0) is 36.2 Å². The number of anilines is 1. The third-order valence-electron chi connectivity index (χ3n) is 5.96. The van der Waals surface area contributed by atoms with Crippen LogP contribution in [0, 0.1) is 0 Å². The summed E-state index contributed by atoms with van der Waals surface area (Å²) in [5, 5.41) is 15.4. The molecule has 0 aliphatic carbocycles. The smallest absolute Gasteiger partial charge is 0.326 e. The summed E-state index contributed by atoms with van der Waals surface area (Å²) < 4.78 is 4.57. The summed E-state index contributed by atoms with van der Waals surface area (Å²) in [4.78, 5) is 62.7. The number of hydrogen-bond acceptors (Lipinski definition) is 7. The zero-order valence-electron chi connectivity index (χ0n) is 20.9. The van der Waals surface area contributed by atoms with Crippen LogP contribution in [0.1, 0.15) is 35.2 Å². The average Bonchev–Trinajstić information content (AvgIpc) is 3.39. The van der Waals surface area contributed by atoms with E-state index in [4.69, 9.17) is 23.2 Å². The second-order valence-electron chi connectivity index (χ2n) is 8.66. The minimum atomic E-state index is -1.23. The summed E-state index contributed by atoms with van der Waals surface area (Å²) in [6.45, 7) is 0. The van der Waals surface area contributed by atoms with Crippen LogP contribution < -0.4 is 10.6 Å². The van der Waals surface area contributed by atoms with Crippen LogP contribution in [-0.2, 0) is 30.3 Å². The third-order valence-corrected chi connectivity index (χ3v) is 7.60. The topological polar surface area (TPSA) is 142 Å². The van der Waals surface area contributed by atoms with E-state index in [1.165, 1.54) is 23.8 Å². The summed E-state index contributed by atoms with van der Waals surface area (Å²) in [6, 6.07) is 9.15. The lowest BCUT2D eigenvalue weighted by Gasteiger charge is -2.25. The lowest BCUT2D eigenvalue weighted by molar-refractivity contribution is -0.143. The molecule has 0 saturated carbocycles. The maximum atomic E-state index is 12.9. The number of amides is 3. The molecule has 3 N–H and O–H groups in total. The van der Waals surface area contributed by atoms with Gasteiger partial charge in [-0.1, -0.05) is 41.4 Å². The standard InChI is InChI=1S/C26H27Cl2N3O7S/c1-38-22(33)7-3-6-21(32)31-14-39-13-20(31)24(34)30-19(26(36)37)12-15-8-10-16(11-9-15)29-25(35)23-17(27)4-2-5-18(23)28/h2,4-5,8-11,19-20H,3,6-7,12-14H2,1H3,(H,29,35)(H,30,34)(H,36,37)/t19-,20?/m0/s1. The fraction of sp³-hybridized carbons (Fsp3) is 0.346. The SMILES string of the molecule is COC(=O)CCCC(=O)N1CSCC1C(=O)N[C@@H](Cc1ccc(NC(=O)c2c(Cl)cccc2Cl)cc1)C(=O)O. The average molecular weight is 596 g/mol. The fourth-order valence-corrected chi connectivity index (χ4v) is 5.62. The highest BCUT2D eigenvalue weighted by Crippen LogP contribution is 2.26. The number of ether oxygens (including phenoxy) is 1. The van der Waals surface area contributed by atoms with Gasteiger partial charge in [0.2, 0.25) is 11.8 Å². The van der Waals surface area contributed by atoms with Gasteiger partial charge in [-0.25, -0.2) is 4.79 Å². The number of carboxylic acid groups (broad SMARTS) is 1. The maximum Gasteiger partial charge on any atom is 0.326 e. The van der Waals surface area contributed by atoms with Gasteiger partial charge < -0.3 is 25.4 Å². The first-order valence-corrected chi connectivity index (χ1v) is 13.8. The van der Waals surface area contributed by atoms with Crippen LogP contribution >= 0.6 is 35.0 Å². The molecule has 2 aromatic carbocycles. The molecule has 208 valence electrons. The predicted octanol–water partition coefficient (Wildman–Crippen LogP) is 3.60. The first kappa shape index (κ1) is 30.3. The van der Waals surface area contributed by atoms with Crippen molar-refractivity contribution in [2.45, 2.75) is 37.8 Å². The molecule has 0 spiro atoms. The van der Waals surface area contributed by atoms with Crippen LogP contribution in [0.5, 0.6) is 0 Å². The lowest BCUT2D eigenvalue weighted by atomic mass is 10.0. The molecule has 1 aliphatic heterocycles.